The van der Waals surface area contributed by atoms with Crippen molar-refractivity contribution in [1.82, 2.24) is 34.4 Å². The van der Waals surface area contributed by atoms with E-state index in [0.717, 1.165) is 64.2 Å². The third-order valence-corrected chi connectivity index (χ3v) is 8.73. The van der Waals surface area contributed by atoms with Gasteiger partial charge in [0.2, 0.25) is 11.9 Å². The molecular formula is C36H36N10O. The zero-order valence-corrected chi connectivity index (χ0v) is 26.3. The van der Waals surface area contributed by atoms with Gasteiger partial charge in [-0.25, -0.2) is 24.7 Å². The molecule has 11 nitrogen and oxygen atoms in total. The minimum Gasteiger partial charge on any atom is -0.368 e. The van der Waals surface area contributed by atoms with E-state index in [-0.39, 0.29) is 23.9 Å². The number of urea groups is 1. The van der Waals surface area contributed by atoms with E-state index in [2.05, 4.69) is 46.6 Å². The molecule has 2 unspecified atom stereocenters. The lowest BCUT2D eigenvalue weighted by atomic mass is 9.92. The van der Waals surface area contributed by atoms with Crippen molar-refractivity contribution in [3.8, 4) is 28.3 Å². The van der Waals surface area contributed by atoms with E-state index >= 15 is 0 Å². The number of nitrogens with one attached hydrogen (secondary N) is 2. The largest absolute Gasteiger partial charge is 0.368 e. The molecule has 2 amide bonds. The maximum absolute atomic E-state index is 13.1. The lowest BCUT2D eigenvalue weighted by Crippen LogP contribution is -2.46. The van der Waals surface area contributed by atoms with Crippen LogP contribution < -0.4 is 16.4 Å². The zero-order chi connectivity index (χ0) is 32.3. The zero-order valence-electron chi connectivity index (χ0n) is 26.3. The molecule has 1 fully saturated rings. The highest BCUT2D eigenvalue weighted by atomic mass is 16.2. The Balaban J connectivity index is 1.17. The van der Waals surface area contributed by atoms with E-state index in [1.807, 2.05) is 82.3 Å². The first-order chi connectivity index (χ1) is 22.9. The van der Waals surface area contributed by atoms with Crippen molar-refractivity contribution in [2.75, 3.05) is 29.5 Å². The SMILES string of the molecule is Cc1ccccc1-c1cc(-n2cnc3cc(-c4ccnc(N)n4)ccc32)nc(NC(C)C2CCCN(C(=O)Nc3ccccc3)C2)n1. The molecule has 7 rings (SSSR count). The fourth-order valence-corrected chi connectivity index (χ4v) is 6.16. The first-order valence-electron chi connectivity index (χ1n) is 15.8. The third-order valence-electron chi connectivity index (χ3n) is 8.73. The van der Waals surface area contributed by atoms with Crippen LogP contribution in [-0.4, -0.2) is 59.5 Å². The van der Waals surface area contributed by atoms with E-state index < -0.39 is 0 Å². The number of likely N-dealkylation sites (tertiary alicyclic amines) is 1. The molecule has 4 heterocycles. The van der Waals surface area contributed by atoms with Crippen LogP contribution in [0.15, 0.2) is 97.5 Å². The maximum Gasteiger partial charge on any atom is 0.321 e. The number of piperidine rings is 1. The molecule has 0 radical (unpaired) electrons. The summed E-state index contributed by atoms with van der Waals surface area (Å²) in [5.41, 5.74) is 12.9. The quantitative estimate of drug-likeness (QED) is 0.181. The summed E-state index contributed by atoms with van der Waals surface area (Å²) < 4.78 is 1.98. The molecule has 2 atom stereocenters. The second-order valence-corrected chi connectivity index (χ2v) is 11.9. The maximum atomic E-state index is 13.1. The lowest BCUT2D eigenvalue weighted by molar-refractivity contribution is 0.172. The number of carbonyl (C=O) groups excluding carboxylic acids is 1. The van der Waals surface area contributed by atoms with Gasteiger partial charge >= 0.3 is 6.03 Å². The van der Waals surface area contributed by atoms with Gasteiger partial charge in [-0.15, -0.1) is 0 Å². The number of nitrogens with two attached hydrogens (primary N) is 1. The van der Waals surface area contributed by atoms with Gasteiger partial charge in [-0.1, -0.05) is 48.5 Å². The highest BCUT2D eigenvalue weighted by Crippen LogP contribution is 2.29. The molecule has 0 aliphatic carbocycles. The molecular weight excluding hydrogens is 588 g/mol. The predicted octanol–water partition coefficient (Wildman–Crippen LogP) is 6.57. The van der Waals surface area contributed by atoms with Gasteiger partial charge in [-0.05, 0) is 68.5 Å². The van der Waals surface area contributed by atoms with Crippen molar-refractivity contribution in [3.05, 3.63) is 103 Å². The molecule has 236 valence electrons. The normalized spacial score (nSPS) is 15.4. The molecule has 0 spiro atoms. The monoisotopic (exact) mass is 624 g/mol. The fraction of sp³-hybridized carbons (Fsp3) is 0.222. The smallest absolute Gasteiger partial charge is 0.321 e. The van der Waals surface area contributed by atoms with Crippen molar-refractivity contribution in [3.63, 3.8) is 0 Å². The molecule has 1 aliphatic rings. The van der Waals surface area contributed by atoms with E-state index in [1.54, 1.807) is 12.5 Å². The summed E-state index contributed by atoms with van der Waals surface area (Å²) >= 11 is 0. The standard InChI is InChI=1S/C36H36N10O/c1-23-9-6-7-13-28(23)30-20-33(46-22-39-31-19-25(14-15-32(31)46)29-16-17-38-34(37)42-29)44-35(43-30)40-24(2)26-10-8-18-45(21-26)36(47)41-27-11-4-3-5-12-27/h3-7,9,11-17,19-20,22,24,26H,8,10,18,21H2,1-2H3,(H,41,47)(H2,37,38,42)(H,40,43,44). The molecule has 3 aromatic heterocycles. The average molecular weight is 625 g/mol. The first kappa shape index (κ1) is 29.8. The molecule has 1 saturated heterocycles. The van der Waals surface area contributed by atoms with Crippen LogP contribution in [0.5, 0.6) is 0 Å². The summed E-state index contributed by atoms with van der Waals surface area (Å²) in [5, 5.41) is 6.62. The Hall–Kier alpha value is -5.84. The Morgan fingerprint density at radius 1 is 0.936 bits per heavy atom. The number of hydrogen-bond donors (Lipinski definition) is 3. The van der Waals surface area contributed by atoms with Crippen molar-refractivity contribution >= 4 is 34.6 Å². The van der Waals surface area contributed by atoms with Gasteiger partial charge in [0, 0.05) is 48.2 Å². The topological polar surface area (TPSA) is 140 Å². The number of amides is 2. The van der Waals surface area contributed by atoms with Crippen LogP contribution in [0.25, 0.3) is 39.4 Å². The molecule has 6 aromatic rings. The summed E-state index contributed by atoms with van der Waals surface area (Å²) in [6.07, 6.45) is 5.36. The minimum absolute atomic E-state index is 0.0182. The third kappa shape index (κ3) is 6.46. The molecule has 47 heavy (non-hydrogen) atoms. The number of anilines is 3. The van der Waals surface area contributed by atoms with Crippen molar-refractivity contribution < 1.29 is 4.79 Å². The fourth-order valence-electron chi connectivity index (χ4n) is 6.16. The highest BCUT2D eigenvalue weighted by Gasteiger charge is 2.28. The minimum atomic E-state index is -0.0773. The van der Waals surface area contributed by atoms with Gasteiger partial charge in [0.05, 0.1) is 22.4 Å². The van der Waals surface area contributed by atoms with Crippen molar-refractivity contribution in [1.29, 1.82) is 0 Å². The first-order valence-corrected chi connectivity index (χ1v) is 15.8. The van der Waals surface area contributed by atoms with Crippen LogP contribution >= 0.6 is 0 Å². The Morgan fingerprint density at radius 3 is 2.60 bits per heavy atom. The summed E-state index contributed by atoms with van der Waals surface area (Å²) in [6.45, 7) is 5.59. The number of para-hydroxylation sites is 1. The van der Waals surface area contributed by atoms with Gasteiger partial charge in [-0.2, -0.15) is 4.98 Å². The van der Waals surface area contributed by atoms with Crippen molar-refractivity contribution in [2.24, 2.45) is 5.92 Å². The number of fused-ring (bicyclic) bond motifs is 1. The Morgan fingerprint density at radius 2 is 1.77 bits per heavy atom. The highest BCUT2D eigenvalue weighted by molar-refractivity contribution is 5.89. The summed E-state index contributed by atoms with van der Waals surface area (Å²) in [5.74, 6) is 1.67. The van der Waals surface area contributed by atoms with E-state index in [4.69, 9.17) is 20.7 Å². The number of aryl methyl sites for hydroxylation is 1. The number of imidazole rings is 1. The van der Waals surface area contributed by atoms with Gasteiger partial charge < -0.3 is 21.3 Å². The van der Waals surface area contributed by atoms with E-state index in [0.29, 0.717) is 18.3 Å². The van der Waals surface area contributed by atoms with Gasteiger partial charge in [0.25, 0.3) is 0 Å². The second-order valence-electron chi connectivity index (χ2n) is 11.9. The van der Waals surface area contributed by atoms with Crippen LogP contribution in [0, 0.1) is 12.8 Å². The van der Waals surface area contributed by atoms with E-state index in [1.165, 1.54) is 0 Å². The van der Waals surface area contributed by atoms with Gasteiger partial charge in [0.1, 0.15) is 12.1 Å². The van der Waals surface area contributed by atoms with Crippen LogP contribution in [0.3, 0.4) is 0 Å². The Bertz CT molecular complexity index is 2040. The van der Waals surface area contributed by atoms with E-state index in [9.17, 15) is 4.79 Å². The number of nitrogens with zero attached hydrogens (tertiary/aromatic N) is 7. The number of hydrogen-bond acceptors (Lipinski definition) is 8. The number of benzene rings is 3. The summed E-state index contributed by atoms with van der Waals surface area (Å²) in [4.78, 5) is 38.0. The van der Waals surface area contributed by atoms with Crippen LogP contribution in [0.4, 0.5) is 22.4 Å². The average Bonchev–Trinajstić information content (AvgIpc) is 3.52. The summed E-state index contributed by atoms with van der Waals surface area (Å²) in [7, 11) is 0. The predicted molar refractivity (Wildman–Crippen MR) is 185 cm³/mol. The lowest BCUT2D eigenvalue weighted by Gasteiger charge is -2.36. The van der Waals surface area contributed by atoms with Gasteiger partial charge in [0.15, 0.2) is 0 Å². The number of nitrogen functional groups attached to an aromatic ring is 1. The summed E-state index contributed by atoms with van der Waals surface area (Å²) in [6, 6.07) is 27.5. The Kier molecular flexibility index (Phi) is 8.18. The Labute approximate surface area is 272 Å². The number of carbonyl (C=O) groups is 1. The van der Waals surface area contributed by atoms with Crippen LogP contribution in [-0.2, 0) is 0 Å². The van der Waals surface area contributed by atoms with Crippen molar-refractivity contribution in [2.45, 2.75) is 32.7 Å². The molecule has 0 bridgehead atoms. The number of aromatic nitrogens is 6. The molecule has 1 aliphatic heterocycles. The van der Waals surface area contributed by atoms with Crippen LogP contribution in [0.1, 0.15) is 25.3 Å². The number of rotatable bonds is 7. The van der Waals surface area contributed by atoms with Crippen LogP contribution in [0.2, 0.25) is 0 Å². The molecule has 0 saturated carbocycles. The molecule has 3 aromatic carbocycles. The second kappa shape index (κ2) is 12.9. The molecule has 11 heteroatoms. The molecule has 4 N–H and O–H groups in total. The van der Waals surface area contributed by atoms with Gasteiger partial charge in [-0.3, -0.25) is 4.57 Å².